The van der Waals surface area contributed by atoms with E-state index in [1.165, 1.54) is 10.6 Å². The van der Waals surface area contributed by atoms with E-state index in [0.717, 1.165) is 91.3 Å². The number of unbranched alkanes of at least 4 members (excludes halogenated alkanes) is 1. The summed E-state index contributed by atoms with van der Waals surface area (Å²) in [7, 11) is -3.50. The fourth-order valence-corrected chi connectivity index (χ4v) is 5.93. The molecule has 0 fully saturated rings. The Balaban J connectivity index is 1.45. The normalized spacial score (nSPS) is 12.0. The fraction of sp³-hybridized carbons (Fsp3) is 0.457. The minimum atomic E-state index is -3.50. The van der Waals surface area contributed by atoms with Gasteiger partial charge in [-0.3, -0.25) is 0 Å². The Morgan fingerprint density at radius 2 is 1.55 bits per heavy atom. The number of aryl methyl sites for hydroxylation is 1. The minimum absolute atomic E-state index is 0.195. The molecule has 4 aromatic rings. The van der Waals surface area contributed by atoms with Gasteiger partial charge < -0.3 is 18.9 Å². The van der Waals surface area contributed by atoms with Crippen LogP contribution in [-0.2, 0) is 47.6 Å². The molecule has 0 aliphatic rings. The Labute approximate surface area is 263 Å². The van der Waals surface area contributed by atoms with E-state index in [4.69, 9.17) is 14.5 Å². The lowest BCUT2D eigenvalue weighted by Gasteiger charge is -2.21. The van der Waals surface area contributed by atoms with Crippen molar-refractivity contribution in [2.24, 2.45) is 0 Å². The van der Waals surface area contributed by atoms with Crippen molar-refractivity contribution in [2.45, 2.75) is 72.9 Å². The number of fused-ring (bicyclic) bond motifs is 1. The third kappa shape index (κ3) is 9.89. The Morgan fingerprint density at radius 3 is 2.23 bits per heavy atom. The average molecular weight is 621 g/mol. The van der Waals surface area contributed by atoms with Gasteiger partial charge in [-0.2, -0.15) is 4.31 Å². The highest BCUT2D eigenvalue weighted by Gasteiger charge is 2.22. The number of imidazole rings is 1. The van der Waals surface area contributed by atoms with Crippen LogP contribution in [0.2, 0.25) is 0 Å². The maximum Gasteiger partial charge on any atom is 0.211 e. The van der Waals surface area contributed by atoms with Crippen LogP contribution in [0.4, 0.5) is 0 Å². The number of sulfonamides is 1. The van der Waals surface area contributed by atoms with Crippen LogP contribution in [0.15, 0.2) is 72.8 Å². The average Bonchev–Trinajstić information content (AvgIpc) is 3.37. The number of nitrogens with zero attached hydrogens (tertiary/aromatic N) is 4. The summed E-state index contributed by atoms with van der Waals surface area (Å²) in [5.41, 5.74) is 4.97. The van der Waals surface area contributed by atoms with Crippen LogP contribution in [-0.4, -0.2) is 59.7 Å². The van der Waals surface area contributed by atoms with Gasteiger partial charge in [0.2, 0.25) is 10.0 Å². The van der Waals surface area contributed by atoms with E-state index >= 15 is 0 Å². The number of hydrogen-bond acceptors (Lipinski definition) is 6. The molecule has 0 radical (unpaired) electrons. The van der Waals surface area contributed by atoms with Crippen molar-refractivity contribution in [1.82, 2.24) is 18.8 Å². The van der Waals surface area contributed by atoms with Gasteiger partial charge >= 0.3 is 0 Å². The molecular formula is C35H48N4O4S. The Hall–Kier alpha value is -3.24. The van der Waals surface area contributed by atoms with Gasteiger partial charge in [0.1, 0.15) is 18.2 Å². The topological polar surface area (TPSA) is 76.9 Å². The number of rotatable bonds is 19. The van der Waals surface area contributed by atoms with Crippen LogP contribution >= 0.6 is 0 Å². The second-order valence-corrected chi connectivity index (χ2v) is 13.2. The summed E-state index contributed by atoms with van der Waals surface area (Å²) in [4.78, 5) is 7.31. The van der Waals surface area contributed by atoms with Crippen molar-refractivity contribution in [3.63, 3.8) is 0 Å². The molecule has 1 aromatic heterocycles. The summed E-state index contributed by atoms with van der Waals surface area (Å²) in [5.74, 6) is 1.49. The third-order valence-corrected chi connectivity index (χ3v) is 9.07. The van der Waals surface area contributed by atoms with Gasteiger partial charge in [0.15, 0.2) is 0 Å². The standard InChI is InChI=1S/C35H48N4O4S/c1-5-8-22-39-34-24-31(27-42-23-12-21-37(6-2)7-3)17-20-33(34)36-35(39)26-38(44(4,40)41)25-29-15-18-32(19-16-29)43-28-30-13-10-9-11-14-30/h9-11,13-20,24H,5-8,12,21-23,25-28H2,1-4H3. The summed E-state index contributed by atoms with van der Waals surface area (Å²) in [6.07, 6.45) is 4.28. The molecule has 0 saturated carbocycles. The van der Waals surface area contributed by atoms with E-state index in [0.29, 0.717) is 13.2 Å². The van der Waals surface area contributed by atoms with E-state index in [1.54, 1.807) is 0 Å². The van der Waals surface area contributed by atoms with E-state index < -0.39 is 10.0 Å². The van der Waals surface area contributed by atoms with Crippen molar-refractivity contribution < 1.29 is 17.9 Å². The monoisotopic (exact) mass is 620 g/mol. The second kappa shape index (κ2) is 16.7. The minimum Gasteiger partial charge on any atom is -0.489 e. The van der Waals surface area contributed by atoms with Gasteiger partial charge in [-0.1, -0.05) is 75.7 Å². The highest BCUT2D eigenvalue weighted by molar-refractivity contribution is 7.88. The maximum absolute atomic E-state index is 13.0. The molecule has 0 saturated heterocycles. The SMILES string of the molecule is CCCCn1c(CN(Cc2ccc(OCc3ccccc3)cc2)S(C)(=O)=O)nc2ccc(COCCCN(CC)CC)cc21. The van der Waals surface area contributed by atoms with Crippen molar-refractivity contribution in [3.8, 4) is 5.75 Å². The first-order valence-corrected chi connectivity index (χ1v) is 17.6. The molecule has 1 heterocycles. The smallest absolute Gasteiger partial charge is 0.211 e. The second-order valence-electron chi connectivity index (χ2n) is 11.2. The zero-order valence-corrected chi connectivity index (χ0v) is 27.6. The number of ether oxygens (including phenoxy) is 2. The summed E-state index contributed by atoms with van der Waals surface area (Å²) in [5, 5.41) is 0. The van der Waals surface area contributed by atoms with Gasteiger partial charge in [-0.15, -0.1) is 0 Å². The third-order valence-electron chi connectivity index (χ3n) is 7.87. The van der Waals surface area contributed by atoms with E-state index in [1.807, 2.05) is 60.7 Å². The number of hydrogen-bond donors (Lipinski definition) is 0. The van der Waals surface area contributed by atoms with Gasteiger partial charge in [0.25, 0.3) is 0 Å². The van der Waals surface area contributed by atoms with Crippen LogP contribution in [0, 0.1) is 0 Å². The highest BCUT2D eigenvalue weighted by Crippen LogP contribution is 2.23. The molecule has 0 N–H and O–H groups in total. The van der Waals surface area contributed by atoms with Gasteiger partial charge in [-0.25, -0.2) is 13.4 Å². The molecule has 0 aliphatic heterocycles. The highest BCUT2D eigenvalue weighted by atomic mass is 32.2. The summed E-state index contributed by atoms with van der Waals surface area (Å²) < 4.78 is 41.5. The van der Waals surface area contributed by atoms with Gasteiger partial charge in [0, 0.05) is 26.2 Å². The molecule has 44 heavy (non-hydrogen) atoms. The van der Waals surface area contributed by atoms with Crippen molar-refractivity contribution in [1.29, 1.82) is 0 Å². The van der Waals surface area contributed by atoms with Crippen molar-refractivity contribution >= 4 is 21.1 Å². The first-order chi connectivity index (χ1) is 21.3. The first-order valence-electron chi connectivity index (χ1n) is 15.8. The molecule has 0 bridgehead atoms. The number of aromatic nitrogens is 2. The molecule has 238 valence electrons. The predicted octanol–water partition coefficient (Wildman–Crippen LogP) is 6.63. The molecule has 0 amide bonds. The van der Waals surface area contributed by atoms with Crippen LogP contribution in [0.5, 0.6) is 5.75 Å². The molecule has 4 rings (SSSR count). The van der Waals surface area contributed by atoms with Crippen molar-refractivity contribution in [2.75, 3.05) is 32.5 Å². The van der Waals surface area contributed by atoms with Crippen LogP contribution < -0.4 is 4.74 Å². The predicted molar refractivity (Wildman–Crippen MR) is 178 cm³/mol. The molecule has 8 nitrogen and oxygen atoms in total. The quantitative estimate of drug-likeness (QED) is 0.110. The Kier molecular flexibility index (Phi) is 12.8. The molecule has 0 aliphatic carbocycles. The van der Waals surface area contributed by atoms with E-state index in [9.17, 15) is 8.42 Å². The zero-order valence-electron chi connectivity index (χ0n) is 26.7. The van der Waals surface area contributed by atoms with Crippen molar-refractivity contribution in [3.05, 3.63) is 95.3 Å². The summed E-state index contributed by atoms with van der Waals surface area (Å²) in [6, 6.07) is 23.9. The molecule has 0 atom stereocenters. The van der Waals surface area contributed by atoms with E-state index in [2.05, 4.69) is 42.4 Å². The van der Waals surface area contributed by atoms with Crippen LogP contribution in [0.3, 0.4) is 0 Å². The zero-order chi connectivity index (χ0) is 31.4. The van der Waals surface area contributed by atoms with Crippen LogP contribution in [0.25, 0.3) is 11.0 Å². The maximum atomic E-state index is 13.0. The van der Waals surface area contributed by atoms with Gasteiger partial charge in [-0.05, 0) is 66.9 Å². The molecule has 0 unspecified atom stereocenters. The molecule has 0 spiro atoms. The lowest BCUT2D eigenvalue weighted by Crippen LogP contribution is -2.30. The summed E-state index contributed by atoms with van der Waals surface area (Å²) in [6.45, 7) is 12.7. The fourth-order valence-electron chi connectivity index (χ4n) is 5.20. The molecular weight excluding hydrogens is 572 g/mol. The van der Waals surface area contributed by atoms with Gasteiger partial charge in [0.05, 0.1) is 30.4 Å². The first kappa shape index (κ1) is 33.6. The molecule has 3 aromatic carbocycles. The van der Waals surface area contributed by atoms with Crippen LogP contribution in [0.1, 0.15) is 62.5 Å². The number of benzene rings is 3. The lowest BCUT2D eigenvalue weighted by molar-refractivity contribution is 0.109. The lowest BCUT2D eigenvalue weighted by atomic mass is 10.2. The molecule has 9 heteroatoms. The van der Waals surface area contributed by atoms with E-state index in [-0.39, 0.29) is 13.1 Å². The Bertz CT molecular complexity index is 1530. The summed E-state index contributed by atoms with van der Waals surface area (Å²) >= 11 is 0. The Morgan fingerprint density at radius 1 is 0.818 bits per heavy atom. The largest absolute Gasteiger partial charge is 0.489 e.